The first-order valence-corrected chi connectivity index (χ1v) is 10.3. The molecule has 0 bridgehead atoms. The molecule has 1 heterocycles. The molecule has 0 unspecified atom stereocenters. The van der Waals surface area contributed by atoms with E-state index in [-0.39, 0.29) is 37.3 Å². The predicted molar refractivity (Wildman–Crippen MR) is 120 cm³/mol. The first-order valence-electron chi connectivity index (χ1n) is 10.3. The van der Waals surface area contributed by atoms with Crippen molar-refractivity contribution in [3.8, 4) is 17.2 Å². The van der Waals surface area contributed by atoms with E-state index in [1.54, 1.807) is 54.6 Å². The van der Waals surface area contributed by atoms with Crippen LogP contribution in [0.5, 0.6) is 17.2 Å². The average Bonchev–Trinajstić information content (AvgIpc) is 2.98. The summed E-state index contributed by atoms with van der Waals surface area (Å²) in [5.74, 6) is 0.574. The normalized spacial score (nSPS) is 12.9. The number of benzene rings is 3. The Balaban J connectivity index is 1.55. The standard InChI is InChI=1S/C25H23FN2O5/c1-31-20-10-17(11-21(12-20)32-2)25(30)27-19-7-8-23-18(9-19)14-28(24(29)15-33-23)13-16-5-3-4-6-22(16)26/h3-12H,13-15H2,1-2H3,(H,27,30). The number of amides is 2. The van der Waals surface area contributed by atoms with E-state index in [0.29, 0.717) is 39.6 Å². The van der Waals surface area contributed by atoms with Crippen molar-refractivity contribution in [3.05, 3.63) is 83.2 Å². The molecule has 0 fully saturated rings. The van der Waals surface area contributed by atoms with Crippen LogP contribution in [0, 0.1) is 5.82 Å². The molecule has 1 aliphatic rings. The minimum atomic E-state index is -0.370. The number of nitrogens with zero attached hydrogens (tertiary/aromatic N) is 1. The Morgan fingerprint density at radius 3 is 2.48 bits per heavy atom. The lowest BCUT2D eigenvalue weighted by atomic mass is 10.1. The van der Waals surface area contributed by atoms with E-state index in [4.69, 9.17) is 14.2 Å². The molecule has 0 saturated carbocycles. The van der Waals surface area contributed by atoms with Crippen LogP contribution in [-0.2, 0) is 17.9 Å². The number of anilines is 1. The van der Waals surface area contributed by atoms with Gasteiger partial charge >= 0.3 is 0 Å². The molecule has 0 aromatic heterocycles. The topological polar surface area (TPSA) is 77.1 Å². The van der Waals surface area contributed by atoms with Crippen LogP contribution in [0.3, 0.4) is 0 Å². The van der Waals surface area contributed by atoms with Gasteiger partial charge in [0.1, 0.15) is 23.1 Å². The maximum Gasteiger partial charge on any atom is 0.261 e. The van der Waals surface area contributed by atoms with E-state index >= 15 is 0 Å². The van der Waals surface area contributed by atoms with Gasteiger partial charge in [0.15, 0.2) is 6.61 Å². The highest BCUT2D eigenvalue weighted by molar-refractivity contribution is 6.04. The smallest absolute Gasteiger partial charge is 0.261 e. The molecule has 3 aromatic rings. The molecule has 0 spiro atoms. The fourth-order valence-corrected chi connectivity index (χ4v) is 3.56. The third kappa shape index (κ3) is 5.06. The third-order valence-electron chi connectivity index (χ3n) is 5.32. The van der Waals surface area contributed by atoms with Gasteiger partial charge in [0, 0.05) is 41.5 Å². The number of methoxy groups -OCH3 is 2. The lowest BCUT2D eigenvalue weighted by Gasteiger charge is -2.20. The highest BCUT2D eigenvalue weighted by Crippen LogP contribution is 2.29. The quantitative estimate of drug-likeness (QED) is 0.614. The zero-order valence-electron chi connectivity index (χ0n) is 18.3. The maximum absolute atomic E-state index is 14.1. The Morgan fingerprint density at radius 2 is 1.79 bits per heavy atom. The first kappa shape index (κ1) is 22.1. The van der Waals surface area contributed by atoms with Crippen LogP contribution < -0.4 is 19.5 Å². The highest BCUT2D eigenvalue weighted by Gasteiger charge is 2.23. The van der Waals surface area contributed by atoms with Gasteiger partial charge in [-0.2, -0.15) is 0 Å². The SMILES string of the molecule is COc1cc(OC)cc(C(=O)Nc2ccc3c(c2)CN(Cc2ccccc2F)C(=O)CO3)c1. The van der Waals surface area contributed by atoms with Crippen molar-refractivity contribution in [2.24, 2.45) is 0 Å². The number of ether oxygens (including phenoxy) is 3. The zero-order chi connectivity index (χ0) is 23.4. The van der Waals surface area contributed by atoms with Gasteiger partial charge in [-0.15, -0.1) is 0 Å². The summed E-state index contributed by atoms with van der Waals surface area (Å²) in [4.78, 5) is 26.9. The van der Waals surface area contributed by atoms with Gasteiger partial charge in [-0.25, -0.2) is 4.39 Å². The van der Waals surface area contributed by atoms with Gasteiger partial charge < -0.3 is 24.4 Å². The lowest BCUT2D eigenvalue weighted by Crippen LogP contribution is -2.32. The molecular formula is C25H23FN2O5. The summed E-state index contributed by atoms with van der Waals surface area (Å²) >= 11 is 0. The summed E-state index contributed by atoms with van der Waals surface area (Å²) in [6.07, 6.45) is 0. The average molecular weight is 450 g/mol. The van der Waals surface area contributed by atoms with Crippen molar-refractivity contribution in [3.63, 3.8) is 0 Å². The van der Waals surface area contributed by atoms with E-state index in [2.05, 4.69) is 5.32 Å². The van der Waals surface area contributed by atoms with Gasteiger partial charge in [-0.05, 0) is 36.4 Å². The van der Waals surface area contributed by atoms with Crippen molar-refractivity contribution in [2.45, 2.75) is 13.1 Å². The maximum atomic E-state index is 14.1. The molecule has 0 saturated heterocycles. The first-order chi connectivity index (χ1) is 16.0. The Hall–Kier alpha value is -4.07. The summed E-state index contributed by atoms with van der Waals surface area (Å²) in [6, 6.07) is 16.4. The van der Waals surface area contributed by atoms with Gasteiger partial charge in [0.05, 0.1) is 14.2 Å². The van der Waals surface area contributed by atoms with E-state index in [1.807, 2.05) is 0 Å². The molecule has 0 radical (unpaired) electrons. The fraction of sp³-hybridized carbons (Fsp3) is 0.200. The Labute approximate surface area is 190 Å². The van der Waals surface area contributed by atoms with Crippen molar-refractivity contribution >= 4 is 17.5 Å². The van der Waals surface area contributed by atoms with E-state index < -0.39 is 0 Å². The summed E-state index contributed by atoms with van der Waals surface area (Å²) in [6.45, 7) is 0.199. The summed E-state index contributed by atoms with van der Waals surface area (Å²) < 4.78 is 30.2. The van der Waals surface area contributed by atoms with Crippen molar-refractivity contribution in [1.29, 1.82) is 0 Å². The molecule has 3 aromatic carbocycles. The monoisotopic (exact) mass is 450 g/mol. The second-order valence-electron chi connectivity index (χ2n) is 7.51. The summed E-state index contributed by atoms with van der Waals surface area (Å²) in [5.41, 5.74) is 2.03. The van der Waals surface area contributed by atoms with Crippen LogP contribution in [-0.4, -0.2) is 37.5 Å². The van der Waals surface area contributed by atoms with E-state index in [9.17, 15) is 14.0 Å². The van der Waals surface area contributed by atoms with Gasteiger partial charge in [-0.1, -0.05) is 18.2 Å². The van der Waals surface area contributed by atoms with Crippen LogP contribution in [0.15, 0.2) is 60.7 Å². The number of halogens is 1. The number of hydrogen-bond donors (Lipinski definition) is 1. The molecule has 1 N–H and O–H groups in total. The molecule has 2 amide bonds. The molecule has 33 heavy (non-hydrogen) atoms. The number of carbonyl (C=O) groups excluding carboxylic acids is 2. The van der Waals surface area contributed by atoms with Crippen LogP contribution >= 0.6 is 0 Å². The molecule has 0 aliphatic carbocycles. The minimum Gasteiger partial charge on any atom is -0.497 e. The molecule has 1 aliphatic heterocycles. The second kappa shape index (κ2) is 9.60. The number of carbonyl (C=O) groups is 2. The Bertz CT molecular complexity index is 1170. The molecule has 4 rings (SSSR count). The summed E-state index contributed by atoms with van der Waals surface area (Å²) in [5, 5.41) is 2.85. The number of hydrogen-bond acceptors (Lipinski definition) is 5. The largest absolute Gasteiger partial charge is 0.497 e. The highest BCUT2D eigenvalue weighted by atomic mass is 19.1. The second-order valence-corrected chi connectivity index (χ2v) is 7.51. The third-order valence-corrected chi connectivity index (χ3v) is 5.32. The minimum absolute atomic E-state index is 0.120. The van der Waals surface area contributed by atoms with Crippen molar-refractivity contribution < 1.29 is 28.2 Å². The molecule has 8 heteroatoms. The van der Waals surface area contributed by atoms with Gasteiger partial charge in [0.25, 0.3) is 11.8 Å². The molecule has 0 atom stereocenters. The molecular weight excluding hydrogens is 427 g/mol. The predicted octanol–water partition coefficient (Wildman–Crippen LogP) is 4.02. The van der Waals surface area contributed by atoms with Crippen molar-refractivity contribution in [2.75, 3.05) is 26.1 Å². The van der Waals surface area contributed by atoms with Crippen LogP contribution in [0.4, 0.5) is 10.1 Å². The number of fused-ring (bicyclic) bond motifs is 1. The van der Waals surface area contributed by atoms with Crippen LogP contribution in [0.25, 0.3) is 0 Å². The van der Waals surface area contributed by atoms with E-state index in [0.717, 1.165) is 0 Å². The Kier molecular flexibility index (Phi) is 6.44. The van der Waals surface area contributed by atoms with Crippen LogP contribution in [0.1, 0.15) is 21.5 Å². The fourth-order valence-electron chi connectivity index (χ4n) is 3.56. The molecule has 7 nitrogen and oxygen atoms in total. The zero-order valence-corrected chi connectivity index (χ0v) is 18.3. The number of rotatable bonds is 6. The number of nitrogens with one attached hydrogen (secondary N) is 1. The summed E-state index contributed by atoms with van der Waals surface area (Å²) in [7, 11) is 3.02. The van der Waals surface area contributed by atoms with Gasteiger partial charge in [0.2, 0.25) is 0 Å². The molecule has 170 valence electrons. The van der Waals surface area contributed by atoms with Crippen molar-refractivity contribution in [1.82, 2.24) is 4.90 Å². The van der Waals surface area contributed by atoms with E-state index in [1.165, 1.54) is 25.2 Å². The Morgan fingerprint density at radius 1 is 1.06 bits per heavy atom. The lowest BCUT2D eigenvalue weighted by molar-refractivity contribution is -0.133. The van der Waals surface area contributed by atoms with Crippen LogP contribution in [0.2, 0.25) is 0 Å². The van der Waals surface area contributed by atoms with Gasteiger partial charge in [-0.3, -0.25) is 9.59 Å².